The van der Waals surface area contributed by atoms with Crippen molar-refractivity contribution in [3.63, 3.8) is 0 Å². The van der Waals surface area contributed by atoms with Crippen LogP contribution >= 0.6 is 11.6 Å². The largest absolute Gasteiger partial charge is 0.482 e. The van der Waals surface area contributed by atoms with Gasteiger partial charge in [-0.25, -0.2) is 4.79 Å². The van der Waals surface area contributed by atoms with Gasteiger partial charge in [0.25, 0.3) is 5.91 Å². The van der Waals surface area contributed by atoms with Crippen LogP contribution in [0.3, 0.4) is 0 Å². The summed E-state index contributed by atoms with van der Waals surface area (Å²) in [5, 5.41) is 12.3. The molecule has 26 heavy (non-hydrogen) atoms. The number of nitriles is 1. The van der Waals surface area contributed by atoms with E-state index in [2.05, 4.69) is 10.1 Å². The molecular weight excluding hydrogens is 356 g/mol. The first-order valence-electron chi connectivity index (χ1n) is 7.50. The van der Waals surface area contributed by atoms with Gasteiger partial charge in [-0.3, -0.25) is 4.79 Å². The first-order valence-corrected chi connectivity index (χ1v) is 7.88. The number of methoxy groups -OCH3 is 1. The van der Waals surface area contributed by atoms with Crippen LogP contribution in [0.2, 0.25) is 5.02 Å². The number of carbonyl (C=O) groups excluding carboxylic acids is 2. The van der Waals surface area contributed by atoms with E-state index in [1.807, 2.05) is 6.07 Å². The molecular formula is C19H15ClN2O4. The van der Waals surface area contributed by atoms with Crippen molar-refractivity contribution in [3.05, 3.63) is 64.7 Å². The number of nitrogens with zero attached hydrogens (tertiary/aromatic N) is 1. The predicted octanol–water partition coefficient (Wildman–Crippen LogP) is 3.44. The van der Waals surface area contributed by atoms with Gasteiger partial charge in [0, 0.05) is 10.7 Å². The average molecular weight is 371 g/mol. The van der Waals surface area contributed by atoms with Gasteiger partial charge in [-0.15, -0.1) is 0 Å². The van der Waals surface area contributed by atoms with E-state index in [1.165, 1.54) is 13.2 Å². The lowest BCUT2D eigenvalue weighted by molar-refractivity contribution is -0.142. The van der Waals surface area contributed by atoms with Crippen molar-refractivity contribution in [2.45, 2.75) is 0 Å². The van der Waals surface area contributed by atoms with Crippen molar-refractivity contribution in [2.75, 3.05) is 19.0 Å². The molecule has 0 heterocycles. The molecule has 0 atom stereocenters. The highest BCUT2D eigenvalue weighted by Crippen LogP contribution is 2.17. The highest BCUT2D eigenvalue weighted by atomic mass is 35.5. The van der Waals surface area contributed by atoms with Crippen molar-refractivity contribution >= 4 is 35.2 Å². The molecule has 0 bridgehead atoms. The second kappa shape index (κ2) is 9.25. The Morgan fingerprint density at radius 1 is 1.23 bits per heavy atom. The fraction of sp³-hybridized carbons (Fsp3) is 0.105. The molecule has 0 unspecified atom stereocenters. The molecule has 0 aliphatic carbocycles. The Kier molecular flexibility index (Phi) is 6.77. The summed E-state index contributed by atoms with van der Waals surface area (Å²) in [7, 11) is 1.28. The maximum Gasteiger partial charge on any atom is 0.343 e. The summed E-state index contributed by atoms with van der Waals surface area (Å²) in [6, 6.07) is 15.1. The monoisotopic (exact) mass is 370 g/mol. The number of ether oxygens (including phenoxy) is 2. The summed E-state index contributed by atoms with van der Waals surface area (Å²) in [5.74, 6) is -0.561. The van der Waals surface area contributed by atoms with E-state index in [-0.39, 0.29) is 12.2 Å². The zero-order chi connectivity index (χ0) is 18.9. The third-order valence-corrected chi connectivity index (χ3v) is 3.46. The van der Waals surface area contributed by atoms with E-state index in [0.29, 0.717) is 22.0 Å². The van der Waals surface area contributed by atoms with Crippen molar-refractivity contribution in [1.29, 1.82) is 5.26 Å². The predicted molar refractivity (Wildman–Crippen MR) is 97.6 cm³/mol. The van der Waals surface area contributed by atoms with Crippen LogP contribution in [0.25, 0.3) is 6.08 Å². The number of halogens is 1. The normalized spacial score (nSPS) is 10.6. The molecule has 0 aliphatic heterocycles. The van der Waals surface area contributed by atoms with E-state index in [9.17, 15) is 14.9 Å². The van der Waals surface area contributed by atoms with Crippen LogP contribution in [-0.2, 0) is 14.3 Å². The molecule has 0 fully saturated rings. The van der Waals surface area contributed by atoms with Crippen LogP contribution in [-0.4, -0.2) is 25.6 Å². The molecule has 2 aromatic carbocycles. The van der Waals surface area contributed by atoms with Gasteiger partial charge in [0.1, 0.15) is 17.4 Å². The smallest absolute Gasteiger partial charge is 0.343 e. The van der Waals surface area contributed by atoms with Gasteiger partial charge < -0.3 is 14.8 Å². The van der Waals surface area contributed by atoms with Crippen molar-refractivity contribution in [1.82, 2.24) is 0 Å². The Morgan fingerprint density at radius 2 is 1.96 bits per heavy atom. The molecule has 1 amide bonds. The maximum absolute atomic E-state index is 12.2. The fourth-order valence-corrected chi connectivity index (χ4v) is 2.13. The highest BCUT2D eigenvalue weighted by molar-refractivity contribution is 6.31. The first kappa shape index (κ1) is 19.0. The summed E-state index contributed by atoms with van der Waals surface area (Å²) in [5.41, 5.74) is 1.07. The zero-order valence-corrected chi connectivity index (χ0v) is 14.6. The van der Waals surface area contributed by atoms with Gasteiger partial charge in [0.05, 0.1) is 7.11 Å². The standard InChI is InChI=1S/C19H15ClN2O4/c1-25-18(23)12-26-17-7-5-13(6-8-17)9-14(11-21)19(24)22-16-4-2-3-15(20)10-16/h2-10H,12H2,1H3,(H,22,24)/b14-9+. The summed E-state index contributed by atoms with van der Waals surface area (Å²) in [4.78, 5) is 23.3. The maximum atomic E-state index is 12.2. The van der Waals surface area contributed by atoms with Gasteiger partial charge in [-0.1, -0.05) is 29.8 Å². The van der Waals surface area contributed by atoms with Gasteiger partial charge in [-0.05, 0) is 42.0 Å². The van der Waals surface area contributed by atoms with Gasteiger partial charge in [0.15, 0.2) is 6.61 Å². The summed E-state index contributed by atoms with van der Waals surface area (Å²) in [6.07, 6.45) is 1.45. The average Bonchev–Trinajstić information content (AvgIpc) is 2.65. The fourth-order valence-electron chi connectivity index (χ4n) is 1.94. The van der Waals surface area contributed by atoms with Crippen LogP contribution < -0.4 is 10.1 Å². The molecule has 6 nitrogen and oxygen atoms in total. The topological polar surface area (TPSA) is 88.4 Å². The van der Waals surface area contributed by atoms with E-state index in [1.54, 1.807) is 48.5 Å². The Balaban J connectivity index is 2.06. The molecule has 0 aliphatic rings. The molecule has 0 spiro atoms. The van der Waals surface area contributed by atoms with Crippen LogP contribution in [0.1, 0.15) is 5.56 Å². The molecule has 0 saturated carbocycles. The lowest BCUT2D eigenvalue weighted by Gasteiger charge is -2.06. The second-order valence-corrected chi connectivity index (χ2v) is 5.50. The molecule has 0 radical (unpaired) electrons. The Morgan fingerprint density at radius 3 is 2.58 bits per heavy atom. The Labute approximate surface area is 155 Å². The third-order valence-electron chi connectivity index (χ3n) is 3.22. The molecule has 2 rings (SSSR count). The van der Waals surface area contributed by atoms with E-state index in [4.69, 9.17) is 16.3 Å². The Hall–Kier alpha value is -3.30. The summed E-state index contributed by atoms with van der Waals surface area (Å²) >= 11 is 5.87. The number of amides is 1. The lowest BCUT2D eigenvalue weighted by Crippen LogP contribution is -2.13. The number of nitrogens with one attached hydrogen (secondary N) is 1. The number of carbonyl (C=O) groups is 2. The van der Waals surface area contributed by atoms with Gasteiger partial charge >= 0.3 is 5.97 Å². The molecule has 1 N–H and O–H groups in total. The summed E-state index contributed by atoms with van der Waals surface area (Å²) in [6.45, 7) is -0.197. The molecule has 0 saturated heterocycles. The van der Waals surface area contributed by atoms with Crippen LogP contribution in [0.5, 0.6) is 5.75 Å². The Bertz CT molecular complexity index is 870. The lowest BCUT2D eigenvalue weighted by atomic mass is 10.1. The van der Waals surface area contributed by atoms with E-state index < -0.39 is 11.9 Å². The quantitative estimate of drug-likeness (QED) is 0.478. The summed E-state index contributed by atoms with van der Waals surface area (Å²) < 4.78 is 9.71. The zero-order valence-electron chi connectivity index (χ0n) is 13.9. The van der Waals surface area contributed by atoms with Gasteiger partial charge in [0.2, 0.25) is 0 Å². The second-order valence-electron chi connectivity index (χ2n) is 5.07. The highest BCUT2D eigenvalue weighted by Gasteiger charge is 2.10. The van der Waals surface area contributed by atoms with Crippen molar-refractivity contribution in [3.8, 4) is 11.8 Å². The van der Waals surface area contributed by atoms with Crippen LogP contribution in [0.15, 0.2) is 54.1 Å². The minimum absolute atomic E-state index is 0.0618. The van der Waals surface area contributed by atoms with Crippen LogP contribution in [0.4, 0.5) is 5.69 Å². The third kappa shape index (κ3) is 5.65. The minimum Gasteiger partial charge on any atom is -0.482 e. The first-order chi connectivity index (χ1) is 12.5. The number of rotatable bonds is 6. The number of benzene rings is 2. The van der Waals surface area contributed by atoms with Crippen molar-refractivity contribution < 1.29 is 19.1 Å². The van der Waals surface area contributed by atoms with Crippen LogP contribution in [0, 0.1) is 11.3 Å². The molecule has 7 heteroatoms. The molecule has 2 aromatic rings. The van der Waals surface area contributed by atoms with E-state index in [0.717, 1.165) is 0 Å². The SMILES string of the molecule is COC(=O)COc1ccc(/C=C(\C#N)C(=O)Nc2cccc(Cl)c2)cc1. The number of anilines is 1. The number of hydrogen-bond donors (Lipinski definition) is 1. The molecule has 132 valence electrons. The number of hydrogen-bond acceptors (Lipinski definition) is 5. The van der Waals surface area contributed by atoms with Gasteiger partial charge in [-0.2, -0.15) is 5.26 Å². The molecule has 0 aromatic heterocycles. The minimum atomic E-state index is -0.541. The van der Waals surface area contributed by atoms with Crippen molar-refractivity contribution in [2.24, 2.45) is 0 Å². The number of esters is 1. The van der Waals surface area contributed by atoms with E-state index >= 15 is 0 Å².